The van der Waals surface area contributed by atoms with Crippen LogP contribution in [0.4, 0.5) is 0 Å². The van der Waals surface area contributed by atoms with Crippen molar-refractivity contribution in [3.8, 4) is 0 Å². The molecule has 11 heteroatoms. The van der Waals surface area contributed by atoms with E-state index in [-0.39, 0.29) is 18.5 Å². The minimum Gasteiger partial charge on any atom is -0.466 e. The van der Waals surface area contributed by atoms with Crippen LogP contribution in [0.15, 0.2) is 36.5 Å². The molecule has 1 heterocycles. The van der Waals surface area contributed by atoms with Crippen molar-refractivity contribution in [2.75, 3.05) is 19.8 Å². The number of esters is 1. The smallest absolute Gasteiger partial charge is 0.305 e. The highest BCUT2D eigenvalue weighted by atomic mass is 16.7. The first-order valence-corrected chi connectivity index (χ1v) is 31.8. The van der Waals surface area contributed by atoms with Crippen molar-refractivity contribution in [1.29, 1.82) is 0 Å². The van der Waals surface area contributed by atoms with Gasteiger partial charge >= 0.3 is 5.97 Å². The van der Waals surface area contributed by atoms with Gasteiger partial charge in [-0.2, -0.15) is 0 Å². The van der Waals surface area contributed by atoms with Crippen molar-refractivity contribution in [2.45, 2.75) is 339 Å². The van der Waals surface area contributed by atoms with Crippen molar-refractivity contribution < 1.29 is 49.3 Å². The van der Waals surface area contributed by atoms with E-state index in [4.69, 9.17) is 14.2 Å². The summed E-state index contributed by atoms with van der Waals surface area (Å²) < 4.78 is 16.7. The zero-order chi connectivity index (χ0) is 54.5. The van der Waals surface area contributed by atoms with Crippen LogP contribution in [0.5, 0.6) is 0 Å². The molecule has 1 aliphatic rings. The molecule has 1 amide bonds. The lowest BCUT2D eigenvalue weighted by atomic mass is 9.99. The SMILES string of the molecule is CCCCCCC/C=C/CC/C=C/CC/C=C/C(O)C(COC1OC(CO)C(O)C(O)C1O)NC(=O)CCCCCCCCCCCCCCCCCCCCCCCOC(=O)CCCCCCCCCCCCC. The molecule has 0 aliphatic carbocycles. The normalized spacial score (nSPS) is 18.9. The Hall–Kier alpha value is -2.12. The van der Waals surface area contributed by atoms with E-state index in [1.165, 1.54) is 199 Å². The number of carbonyl (C=O) groups is 2. The number of rotatable bonds is 55. The molecule has 0 aromatic rings. The molecule has 440 valence electrons. The molecule has 0 bridgehead atoms. The quantitative estimate of drug-likeness (QED) is 0.0195. The maximum absolute atomic E-state index is 13.1. The van der Waals surface area contributed by atoms with Crippen molar-refractivity contribution >= 4 is 11.9 Å². The third-order valence-electron chi connectivity index (χ3n) is 15.0. The van der Waals surface area contributed by atoms with Crippen molar-refractivity contribution in [3.05, 3.63) is 36.5 Å². The maximum Gasteiger partial charge on any atom is 0.305 e. The molecule has 6 N–H and O–H groups in total. The summed E-state index contributed by atoms with van der Waals surface area (Å²) >= 11 is 0. The first-order chi connectivity index (χ1) is 36.7. The Bertz CT molecular complexity index is 1340. The Morgan fingerprint density at radius 3 is 1.32 bits per heavy atom. The van der Waals surface area contributed by atoms with Crippen LogP contribution in [0.1, 0.15) is 296 Å². The second-order valence-corrected chi connectivity index (χ2v) is 22.1. The second-order valence-electron chi connectivity index (χ2n) is 22.1. The van der Waals surface area contributed by atoms with Crippen LogP contribution >= 0.6 is 0 Å². The Kier molecular flexibility index (Phi) is 50.9. The average Bonchev–Trinajstić information content (AvgIpc) is 3.41. The van der Waals surface area contributed by atoms with Crippen molar-refractivity contribution in [3.63, 3.8) is 0 Å². The summed E-state index contributed by atoms with van der Waals surface area (Å²) in [6, 6.07) is -0.836. The number of hydrogen-bond acceptors (Lipinski definition) is 10. The first kappa shape index (κ1) is 70.9. The van der Waals surface area contributed by atoms with Gasteiger partial charge in [-0.1, -0.05) is 262 Å². The van der Waals surface area contributed by atoms with E-state index >= 15 is 0 Å². The van der Waals surface area contributed by atoms with Gasteiger partial charge in [0, 0.05) is 12.8 Å². The molecule has 0 aromatic heterocycles. The molecule has 1 saturated heterocycles. The van der Waals surface area contributed by atoms with Crippen LogP contribution in [-0.2, 0) is 23.8 Å². The molecule has 75 heavy (non-hydrogen) atoms. The van der Waals surface area contributed by atoms with Crippen LogP contribution in [-0.4, -0.2) is 100 Å². The summed E-state index contributed by atoms with van der Waals surface area (Å²) in [7, 11) is 0. The minimum atomic E-state index is -1.58. The van der Waals surface area contributed by atoms with Crippen molar-refractivity contribution in [2.24, 2.45) is 0 Å². The predicted octanol–water partition coefficient (Wildman–Crippen LogP) is 15.1. The Labute approximate surface area is 460 Å². The topological polar surface area (TPSA) is 175 Å². The summed E-state index contributed by atoms with van der Waals surface area (Å²) in [5.74, 6) is -0.199. The predicted molar refractivity (Wildman–Crippen MR) is 311 cm³/mol. The lowest BCUT2D eigenvalue weighted by molar-refractivity contribution is -0.302. The van der Waals surface area contributed by atoms with E-state index < -0.39 is 49.5 Å². The van der Waals surface area contributed by atoms with Gasteiger partial charge < -0.3 is 45.1 Å². The molecule has 0 spiro atoms. The molecule has 0 radical (unpaired) electrons. The highest BCUT2D eigenvalue weighted by molar-refractivity contribution is 5.76. The van der Waals surface area contributed by atoms with Crippen LogP contribution < -0.4 is 5.32 Å². The van der Waals surface area contributed by atoms with Crippen LogP contribution in [0.3, 0.4) is 0 Å². The number of aliphatic hydroxyl groups excluding tert-OH is 5. The molecule has 0 aromatic carbocycles. The van der Waals surface area contributed by atoms with Gasteiger partial charge in [0.2, 0.25) is 5.91 Å². The molecule has 7 unspecified atom stereocenters. The number of unbranched alkanes of at least 4 members (excludes halogenated alkanes) is 37. The third kappa shape index (κ3) is 43.4. The Morgan fingerprint density at radius 2 is 0.867 bits per heavy atom. The highest BCUT2D eigenvalue weighted by Gasteiger charge is 2.44. The van der Waals surface area contributed by atoms with E-state index in [0.29, 0.717) is 19.4 Å². The standard InChI is InChI=1S/C64H119NO10/c1-3-5-7-9-11-13-15-16-24-27-31-34-38-42-46-50-57(67)56(55-74-64-63(72)62(71)61(70)58(54-66)75-64)65-59(68)51-47-43-39-35-32-28-25-22-20-18-17-19-21-23-26-29-33-37-41-45-49-53-73-60(69)52-48-44-40-36-30-14-12-10-8-6-4-2/h15-16,31,34,46,50,56-58,61-64,66-67,70-72H,3-14,17-30,32-33,35-45,47-49,51-55H2,1-2H3,(H,65,68)/b16-15+,34-31+,50-46+. The van der Waals surface area contributed by atoms with Gasteiger partial charge in [0.25, 0.3) is 0 Å². The monoisotopic (exact) mass is 1060 g/mol. The van der Waals surface area contributed by atoms with Crippen molar-refractivity contribution in [1.82, 2.24) is 5.32 Å². The van der Waals surface area contributed by atoms with Gasteiger partial charge in [-0.25, -0.2) is 0 Å². The zero-order valence-corrected chi connectivity index (χ0v) is 48.5. The summed E-state index contributed by atoms with van der Waals surface area (Å²) in [5, 5.41) is 54.4. The summed E-state index contributed by atoms with van der Waals surface area (Å²) in [5.41, 5.74) is 0. The number of ether oxygens (including phenoxy) is 3. The summed E-state index contributed by atoms with van der Waals surface area (Å²) in [6.45, 7) is 4.32. The first-order valence-electron chi connectivity index (χ1n) is 31.8. The van der Waals surface area contributed by atoms with Gasteiger partial charge in [-0.15, -0.1) is 0 Å². The fourth-order valence-corrected chi connectivity index (χ4v) is 9.94. The van der Waals surface area contributed by atoms with Gasteiger partial charge in [0.05, 0.1) is 32.0 Å². The lowest BCUT2D eigenvalue weighted by Crippen LogP contribution is -2.60. The maximum atomic E-state index is 13.1. The summed E-state index contributed by atoms with van der Waals surface area (Å²) in [4.78, 5) is 25.1. The fourth-order valence-electron chi connectivity index (χ4n) is 9.94. The van der Waals surface area contributed by atoms with E-state index in [2.05, 4.69) is 43.5 Å². The number of allylic oxidation sites excluding steroid dienone is 5. The summed E-state index contributed by atoms with van der Waals surface area (Å²) in [6.07, 6.45) is 56.7. The molecule has 1 fully saturated rings. The zero-order valence-electron chi connectivity index (χ0n) is 48.5. The second kappa shape index (κ2) is 53.9. The van der Waals surface area contributed by atoms with Gasteiger partial charge in [-0.05, 0) is 57.8 Å². The number of amides is 1. The lowest BCUT2D eigenvalue weighted by Gasteiger charge is -2.40. The number of carbonyl (C=O) groups excluding carboxylic acids is 2. The van der Waals surface area contributed by atoms with Crippen LogP contribution in [0, 0.1) is 0 Å². The van der Waals surface area contributed by atoms with E-state index in [1.807, 2.05) is 6.08 Å². The number of aliphatic hydroxyl groups is 5. The molecule has 0 saturated carbocycles. The Balaban J connectivity index is 2.09. The molecule has 7 atom stereocenters. The molecular weight excluding hydrogens is 943 g/mol. The minimum absolute atomic E-state index is 0.00219. The highest BCUT2D eigenvalue weighted by Crippen LogP contribution is 2.23. The van der Waals surface area contributed by atoms with Gasteiger partial charge in [0.1, 0.15) is 24.4 Å². The molecule has 1 aliphatic heterocycles. The molecule has 1 rings (SSSR count). The van der Waals surface area contributed by atoms with E-state index in [0.717, 1.165) is 70.6 Å². The molecular formula is C64H119NO10. The average molecular weight is 1060 g/mol. The molecule has 11 nitrogen and oxygen atoms in total. The number of hydrogen-bond donors (Lipinski definition) is 6. The van der Waals surface area contributed by atoms with Crippen LogP contribution in [0.25, 0.3) is 0 Å². The van der Waals surface area contributed by atoms with Gasteiger partial charge in [0.15, 0.2) is 6.29 Å². The van der Waals surface area contributed by atoms with E-state index in [9.17, 15) is 35.1 Å². The van der Waals surface area contributed by atoms with Gasteiger partial charge in [-0.3, -0.25) is 9.59 Å². The Morgan fingerprint density at radius 1 is 0.480 bits per heavy atom. The fraction of sp³-hybridized carbons (Fsp3) is 0.875. The third-order valence-corrected chi connectivity index (χ3v) is 15.0. The largest absolute Gasteiger partial charge is 0.466 e. The number of nitrogens with one attached hydrogen (secondary N) is 1. The van der Waals surface area contributed by atoms with E-state index in [1.54, 1.807) is 6.08 Å². The van der Waals surface area contributed by atoms with Crippen LogP contribution in [0.2, 0.25) is 0 Å².